The largest absolute Gasteiger partial charge is 0.388 e. The van der Waals surface area contributed by atoms with E-state index in [0.29, 0.717) is 6.54 Å². The maximum atomic E-state index is 9.99. The Bertz CT molecular complexity index is 351. The summed E-state index contributed by atoms with van der Waals surface area (Å²) in [5, 5.41) is 9.99. The van der Waals surface area contributed by atoms with E-state index in [2.05, 4.69) is 14.9 Å². The third kappa shape index (κ3) is 2.45. The second kappa shape index (κ2) is 3.77. The van der Waals surface area contributed by atoms with Gasteiger partial charge in [0.25, 0.3) is 0 Å². The Morgan fingerprint density at radius 2 is 2.27 bits per heavy atom. The second-order valence-electron chi connectivity index (χ2n) is 4.54. The van der Waals surface area contributed by atoms with E-state index in [1.807, 2.05) is 19.9 Å². The minimum absolute atomic E-state index is 0.586. The molecule has 4 nitrogen and oxygen atoms in total. The van der Waals surface area contributed by atoms with Gasteiger partial charge in [-0.15, -0.1) is 0 Å². The predicted octanol–water partition coefficient (Wildman–Crippen LogP) is 1.14. The van der Waals surface area contributed by atoms with Crippen molar-refractivity contribution < 1.29 is 5.11 Å². The Hall–Kier alpha value is -1.16. The second-order valence-corrected chi connectivity index (χ2v) is 4.54. The summed E-state index contributed by atoms with van der Waals surface area (Å²) < 4.78 is 0. The van der Waals surface area contributed by atoms with Crippen molar-refractivity contribution in [2.75, 3.05) is 18.0 Å². The van der Waals surface area contributed by atoms with Crippen molar-refractivity contribution in [1.82, 2.24) is 9.97 Å². The molecule has 0 bridgehead atoms. The van der Waals surface area contributed by atoms with Gasteiger partial charge in [0.1, 0.15) is 12.1 Å². The van der Waals surface area contributed by atoms with E-state index in [0.717, 1.165) is 30.9 Å². The SMILES string of the molecule is Cc1cc(N2CCCC(C)(O)C2)ncn1. The Morgan fingerprint density at radius 1 is 1.47 bits per heavy atom. The normalized spacial score (nSPS) is 26.7. The van der Waals surface area contributed by atoms with E-state index in [-0.39, 0.29) is 0 Å². The zero-order valence-electron chi connectivity index (χ0n) is 9.27. The summed E-state index contributed by atoms with van der Waals surface area (Å²) in [6.07, 6.45) is 3.46. The van der Waals surface area contributed by atoms with Crippen LogP contribution in [-0.4, -0.2) is 33.8 Å². The molecule has 0 amide bonds. The first kappa shape index (κ1) is 10.4. The summed E-state index contributed by atoms with van der Waals surface area (Å²) in [7, 11) is 0. The van der Waals surface area contributed by atoms with Crippen LogP contribution in [0.2, 0.25) is 0 Å². The number of aromatic nitrogens is 2. The molecule has 0 radical (unpaired) electrons. The molecule has 0 spiro atoms. The highest BCUT2D eigenvalue weighted by atomic mass is 16.3. The molecule has 0 aliphatic carbocycles. The van der Waals surface area contributed by atoms with Crippen molar-refractivity contribution in [3.63, 3.8) is 0 Å². The number of hydrogen-bond acceptors (Lipinski definition) is 4. The Kier molecular flexibility index (Phi) is 2.61. The average Bonchev–Trinajstić information content (AvgIpc) is 2.16. The number of piperidine rings is 1. The topological polar surface area (TPSA) is 49.2 Å². The molecule has 2 rings (SSSR count). The van der Waals surface area contributed by atoms with Gasteiger partial charge in [0, 0.05) is 24.8 Å². The molecule has 1 aliphatic rings. The van der Waals surface area contributed by atoms with Gasteiger partial charge in [0.2, 0.25) is 0 Å². The molecule has 0 aromatic carbocycles. The molecule has 1 N–H and O–H groups in total. The van der Waals surface area contributed by atoms with Gasteiger partial charge in [-0.1, -0.05) is 0 Å². The first-order valence-electron chi connectivity index (χ1n) is 5.33. The van der Waals surface area contributed by atoms with Crippen molar-refractivity contribution in [3.8, 4) is 0 Å². The van der Waals surface area contributed by atoms with Crippen molar-refractivity contribution in [2.24, 2.45) is 0 Å². The van der Waals surface area contributed by atoms with Gasteiger partial charge in [0.05, 0.1) is 5.60 Å². The number of nitrogens with zero attached hydrogens (tertiary/aromatic N) is 3. The lowest BCUT2D eigenvalue weighted by atomic mass is 9.95. The van der Waals surface area contributed by atoms with Crippen LogP contribution in [0.25, 0.3) is 0 Å². The molecule has 1 saturated heterocycles. The van der Waals surface area contributed by atoms with E-state index in [9.17, 15) is 5.11 Å². The molecule has 1 fully saturated rings. The standard InChI is InChI=1S/C11H17N3O/c1-9-6-10(13-8-12-9)14-5-3-4-11(2,15)7-14/h6,8,15H,3-5,7H2,1-2H3. The predicted molar refractivity (Wildman–Crippen MR) is 58.8 cm³/mol. The highest BCUT2D eigenvalue weighted by molar-refractivity contribution is 5.39. The molecular weight excluding hydrogens is 190 g/mol. The lowest BCUT2D eigenvalue weighted by molar-refractivity contribution is 0.0447. The van der Waals surface area contributed by atoms with Crippen LogP contribution in [0.15, 0.2) is 12.4 Å². The van der Waals surface area contributed by atoms with Crippen LogP contribution in [0.4, 0.5) is 5.82 Å². The third-order valence-electron chi connectivity index (χ3n) is 2.79. The summed E-state index contributed by atoms with van der Waals surface area (Å²) in [4.78, 5) is 10.4. The van der Waals surface area contributed by atoms with E-state index in [1.165, 1.54) is 0 Å². The van der Waals surface area contributed by atoms with Crippen molar-refractivity contribution in [1.29, 1.82) is 0 Å². The quantitative estimate of drug-likeness (QED) is 0.750. The molecule has 82 valence electrons. The van der Waals surface area contributed by atoms with E-state index >= 15 is 0 Å². The van der Waals surface area contributed by atoms with Gasteiger partial charge < -0.3 is 10.0 Å². The van der Waals surface area contributed by atoms with Gasteiger partial charge in [-0.3, -0.25) is 0 Å². The van der Waals surface area contributed by atoms with Crippen LogP contribution in [0.3, 0.4) is 0 Å². The van der Waals surface area contributed by atoms with Gasteiger partial charge in [-0.25, -0.2) is 9.97 Å². The zero-order valence-corrected chi connectivity index (χ0v) is 9.27. The van der Waals surface area contributed by atoms with Crippen molar-refractivity contribution in [3.05, 3.63) is 18.1 Å². The summed E-state index contributed by atoms with van der Waals surface area (Å²) >= 11 is 0. The smallest absolute Gasteiger partial charge is 0.132 e. The van der Waals surface area contributed by atoms with Crippen LogP contribution in [0.5, 0.6) is 0 Å². The lowest BCUT2D eigenvalue weighted by Gasteiger charge is -2.37. The van der Waals surface area contributed by atoms with Crippen molar-refractivity contribution >= 4 is 5.82 Å². The van der Waals surface area contributed by atoms with Crippen LogP contribution < -0.4 is 4.90 Å². The molecular formula is C11H17N3O. The summed E-state index contributed by atoms with van der Waals surface area (Å²) in [5.41, 5.74) is 0.377. The fourth-order valence-electron chi connectivity index (χ4n) is 2.03. The summed E-state index contributed by atoms with van der Waals surface area (Å²) in [6.45, 7) is 5.45. The molecule has 1 aromatic rings. The van der Waals surface area contributed by atoms with Gasteiger partial charge in [-0.05, 0) is 26.7 Å². The van der Waals surface area contributed by atoms with E-state index < -0.39 is 5.60 Å². The Labute approximate surface area is 90.0 Å². The maximum Gasteiger partial charge on any atom is 0.132 e. The number of aryl methyl sites for hydroxylation is 1. The highest BCUT2D eigenvalue weighted by Gasteiger charge is 2.28. The molecule has 1 aromatic heterocycles. The lowest BCUT2D eigenvalue weighted by Crippen LogP contribution is -2.46. The molecule has 0 saturated carbocycles. The number of anilines is 1. The maximum absolute atomic E-state index is 9.99. The van der Waals surface area contributed by atoms with Crippen LogP contribution >= 0.6 is 0 Å². The van der Waals surface area contributed by atoms with Gasteiger partial charge >= 0.3 is 0 Å². The average molecular weight is 207 g/mol. The minimum atomic E-state index is -0.586. The van der Waals surface area contributed by atoms with Gasteiger partial charge in [0.15, 0.2) is 0 Å². The number of hydrogen-bond donors (Lipinski definition) is 1. The fraction of sp³-hybridized carbons (Fsp3) is 0.636. The fourth-order valence-corrected chi connectivity index (χ4v) is 2.03. The van der Waals surface area contributed by atoms with Crippen LogP contribution in [-0.2, 0) is 0 Å². The first-order valence-corrected chi connectivity index (χ1v) is 5.33. The Morgan fingerprint density at radius 3 is 2.93 bits per heavy atom. The number of aliphatic hydroxyl groups is 1. The highest BCUT2D eigenvalue weighted by Crippen LogP contribution is 2.24. The molecule has 15 heavy (non-hydrogen) atoms. The minimum Gasteiger partial charge on any atom is -0.388 e. The van der Waals surface area contributed by atoms with Crippen LogP contribution in [0, 0.1) is 6.92 Å². The van der Waals surface area contributed by atoms with E-state index in [1.54, 1.807) is 6.33 Å². The molecule has 1 atom stereocenters. The summed E-state index contributed by atoms with van der Waals surface area (Å²) in [6, 6.07) is 1.96. The number of β-amino-alcohol motifs (C(OH)–C–C–N with tert-alkyl or cyclic N) is 1. The van der Waals surface area contributed by atoms with Gasteiger partial charge in [-0.2, -0.15) is 0 Å². The molecule has 4 heteroatoms. The van der Waals surface area contributed by atoms with Crippen LogP contribution in [0.1, 0.15) is 25.5 Å². The third-order valence-corrected chi connectivity index (χ3v) is 2.79. The van der Waals surface area contributed by atoms with Crippen molar-refractivity contribution in [2.45, 2.75) is 32.3 Å². The number of rotatable bonds is 1. The molecule has 1 unspecified atom stereocenters. The molecule has 2 heterocycles. The summed E-state index contributed by atoms with van der Waals surface area (Å²) in [5.74, 6) is 0.919. The Balaban J connectivity index is 2.17. The first-order chi connectivity index (χ1) is 7.07. The molecule has 1 aliphatic heterocycles. The zero-order chi connectivity index (χ0) is 10.9. The monoisotopic (exact) mass is 207 g/mol. The van der Waals surface area contributed by atoms with E-state index in [4.69, 9.17) is 0 Å².